The molecule has 28 heavy (non-hydrogen) atoms. The van der Waals surface area contributed by atoms with Gasteiger partial charge in [-0.05, 0) is 50.4 Å². The molecule has 0 aromatic heterocycles. The molecule has 2 rings (SSSR count). The SMILES string of the molecule is CCC1=C(CC)C2CC1CC2C(=O)OCCCCC(F)(F)C(F)(F)S(=O)(=O)O. The lowest BCUT2D eigenvalue weighted by atomic mass is 9.81. The first-order valence-corrected chi connectivity index (χ1v) is 10.9. The number of alkyl halides is 4. The molecule has 5 nitrogen and oxygen atoms in total. The fourth-order valence-electron chi connectivity index (χ4n) is 4.54. The zero-order valence-electron chi connectivity index (χ0n) is 15.9. The van der Waals surface area contributed by atoms with E-state index in [4.69, 9.17) is 9.29 Å². The van der Waals surface area contributed by atoms with E-state index in [1.54, 1.807) is 0 Å². The van der Waals surface area contributed by atoms with Crippen LogP contribution in [0.5, 0.6) is 0 Å². The van der Waals surface area contributed by atoms with Crippen molar-refractivity contribution >= 4 is 16.1 Å². The molecule has 0 aliphatic heterocycles. The van der Waals surface area contributed by atoms with Crippen LogP contribution in [0.15, 0.2) is 11.1 Å². The maximum atomic E-state index is 13.4. The predicted octanol–water partition coefficient (Wildman–Crippen LogP) is 4.59. The van der Waals surface area contributed by atoms with Crippen LogP contribution in [0.4, 0.5) is 17.6 Å². The van der Waals surface area contributed by atoms with Gasteiger partial charge in [-0.2, -0.15) is 26.0 Å². The highest BCUT2D eigenvalue weighted by Gasteiger charge is 2.64. The number of carbonyl (C=O) groups excluding carboxylic acids is 1. The van der Waals surface area contributed by atoms with E-state index in [1.807, 2.05) is 0 Å². The fourth-order valence-corrected chi connectivity index (χ4v) is 5.02. The van der Waals surface area contributed by atoms with Crippen LogP contribution < -0.4 is 0 Å². The Morgan fingerprint density at radius 3 is 2.25 bits per heavy atom. The van der Waals surface area contributed by atoms with Crippen molar-refractivity contribution in [2.45, 2.75) is 70.0 Å². The molecule has 0 saturated heterocycles. The number of rotatable bonds is 10. The monoisotopic (exact) mass is 430 g/mol. The Kier molecular flexibility index (Phi) is 6.85. The van der Waals surface area contributed by atoms with Crippen molar-refractivity contribution < 1.29 is 40.1 Å². The van der Waals surface area contributed by atoms with E-state index in [0.717, 1.165) is 25.7 Å². The van der Waals surface area contributed by atoms with Gasteiger partial charge in [-0.3, -0.25) is 9.35 Å². The van der Waals surface area contributed by atoms with Crippen molar-refractivity contribution in [2.75, 3.05) is 6.61 Å². The summed E-state index contributed by atoms with van der Waals surface area (Å²) in [7, 11) is -6.22. The smallest absolute Gasteiger partial charge is 0.431 e. The summed E-state index contributed by atoms with van der Waals surface area (Å²) in [4.78, 5) is 12.3. The number of carbonyl (C=O) groups is 1. The summed E-state index contributed by atoms with van der Waals surface area (Å²) in [5, 5.41) is -5.56. The van der Waals surface area contributed by atoms with Gasteiger partial charge >= 0.3 is 27.3 Å². The molecule has 0 aromatic rings. The topological polar surface area (TPSA) is 80.7 Å². The number of esters is 1. The van der Waals surface area contributed by atoms with Crippen LogP contribution in [-0.2, 0) is 19.6 Å². The second-order valence-corrected chi connectivity index (χ2v) is 8.92. The highest BCUT2D eigenvalue weighted by molar-refractivity contribution is 7.87. The molecule has 3 unspecified atom stereocenters. The Bertz CT molecular complexity index is 732. The van der Waals surface area contributed by atoms with E-state index in [2.05, 4.69) is 13.8 Å². The summed E-state index contributed by atoms with van der Waals surface area (Å²) in [6.45, 7) is 3.95. The van der Waals surface area contributed by atoms with E-state index in [9.17, 15) is 30.8 Å². The minimum Gasteiger partial charge on any atom is -0.465 e. The predicted molar refractivity (Wildman–Crippen MR) is 93.6 cm³/mol. The molecular weight excluding hydrogens is 404 g/mol. The second kappa shape index (κ2) is 8.30. The molecule has 0 radical (unpaired) electrons. The van der Waals surface area contributed by atoms with Crippen LogP contribution in [0.2, 0.25) is 0 Å². The summed E-state index contributed by atoms with van der Waals surface area (Å²) in [6.07, 6.45) is 1.45. The van der Waals surface area contributed by atoms with Gasteiger partial charge in [0.25, 0.3) is 0 Å². The molecule has 2 aliphatic rings. The first kappa shape index (κ1) is 23.1. The Labute approximate surface area is 162 Å². The number of ether oxygens (including phenoxy) is 1. The number of hydrogen-bond donors (Lipinski definition) is 1. The van der Waals surface area contributed by atoms with E-state index < -0.39 is 40.1 Å². The Balaban J connectivity index is 1.79. The number of halogens is 4. The van der Waals surface area contributed by atoms with Crippen LogP contribution in [0.1, 0.15) is 58.8 Å². The van der Waals surface area contributed by atoms with Gasteiger partial charge in [-0.1, -0.05) is 25.0 Å². The molecule has 0 amide bonds. The molecule has 0 aromatic carbocycles. The van der Waals surface area contributed by atoms with Crippen molar-refractivity contribution in [3.8, 4) is 0 Å². The Hall–Kier alpha value is -1.16. The minimum absolute atomic E-state index is 0.111. The molecule has 1 fully saturated rings. The van der Waals surface area contributed by atoms with Crippen molar-refractivity contribution in [3.63, 3.8) is 0 Å². The van der Waals surface area contributed by atoms with Gasteiger partial charge in [0.05, 0.1) is 12.5 Å². The normalized spacial score (nSPS) is 25.5. The van der Waals surface area contributed by atoms with Gasteiger partial charge < -0.3 is 4.74 Å². The first-order chi connectivity index (χ1) is 12.9. The van der Waals surface area contributed by atoms with Crippen molar-refractivity contribution in [3.05, 3.63) is 11.1 Å². The zero-order chi connectivity index (χ0) is 21.3. The van der Waals surface area contributed by atoms with Crippen LogP contribution in [-0.4, -0.2) is 36.7 Å². The average molecular weight is 430 g/mol. The lowest BCUT2D eigenvalue weighted by Crippen LogP contribution is -2.46. The lowest BCUT2D eigenvalue weighted by Gasteiger charge is -2.25. The Morgan fingerprint density at radius 2 is 1.71 bits per heavy atom. The summed E-state index contributed by atoms with van der Waals surface area (Å²) in [6, 6.07) is 0. The van der Waals surface area contributed by atoms with E-state index in [1.165, 1.54) is 11.1 Å². The second-order valence-electron chi connectivity index (χ2n) is 7.46. The van der Waals surface area contributed by atoms with Gasteiger partial charge in [0.15, 0.2) is 0 Å². The molecule has 10 heteroatoms. The summed E-state index contributed by atoms with van der Waals surface area (Å²) >= 11 is 0. The molecule has 3 atom stereocenters. The molecule has 1 N–H and O–H groups in total. The third kappa shape index (κ3) is 4.22. The fraction of sp³-hybridized carbons (Fsp3) is 0.833. The van der Waals surface area contributed by atoms with Crippen LogP contribution >= 0.6 is 0 Å². The van der Waals surface area contributed by atoms with Gasteiger partial charge in [0.1, 0.15) is 0 Å². The van der Waals surface area contributed by atoms with Gasteiger partial charge in [0, 0.05) is 6.42 Å². The van der Waals surface area contributed by atoms with Crippen molar-refractivity contribution in [2.24, 2.45) is 17.8 Å². The molecule has 0 heterocycles. The third-order valence-corrected chi connectivity index (χ3v) is 6.81. The number of hydrogen-bond acceptors (Lipinski definition) is 4. The van der Waals surface area contributed by atoms with E-state index >= 15 is 0 Å². The molecule has 1 saturated carbocycles. The van der Waals surface area contributed by atoms with Crippen LogP contribution in [0, 0.1) is 17.8 Å². The minimum atomic E-state index is -6.22. The number of allylic oxidation sites excluding steroid dienone is 2. The number of fused-ring (bicyclic) bond motifs is 2. The van der Waals surface area contributed by atoms with E-state index in [0.29, 0.717) is 5.92 Å². The maximum absolute atomic E-state index is 13.4. The average Bonchev–Trinajstić information content (AvgIpc) is 3.17. The standard InChI is InChI=1S/C18H26F4O5S/c1-3-12-11-9-14(13(12)4-2)15(10-11)16(23)27-8-6-5-7-17(19,20)18(21,22)28(24,25)26/h11,14-15H,3-10H2,1-2H3,(H,24,25,26). The summed E-state index contributed by atoms with van der Waals surface area (Å²) < 4.78 is 87.2. The molecule has 0 spiro atoms. The molecule has 162 valence electrons. The zero-order valence-corrected chi connectivity index (χ0v) is 16.7. The number of unbranched alkanes of at least 4 members (excludes halogenated alkanes) is 1. The van der Waals surface area contributed by atoms with Gasteiger partial charge in [-0.15, -0.1) is 0 Å². The largest absolute Gasteiger partial charge is 0.465 e. The van der Waals surface area contributed by atoms with E-state index in [-0.39, 0.29) is 24.9 Å². The van der Waals surface area contributed by atoms with Crippen molar-refractivity contribution in [1.82, 2.24) is 0 Å². The maximum Gasteiger partial charge on any atom is 0.431 e. The lowest BCUT2D eigenvalue weighted by molar-refractivity contribution is -0.165. The third-order valence-electron chi connectivity index (χ3n) is 5.86. The highest BCUT2D eigenvalue weighted by Crippen LogP contribution is 2.54. The first-order valence-electron chi connectivity index (χ1n) is 9.48. The molecule has 2 bridgehead atoms. The quantitative estimate of drug-likeness (QED) is 0.180. The van der Waals surface area contributed by atoms with Crippen LogP contribution in [0.25, 0.3) is 0 Å². The Morgan fingerprint density at radius 1 is 1.11 bits per heavy atom. The van der Waals surface area contributed by atoms with Crippen molar-refractivity contribution in [1.29, 1.82) is 0 Å². The molecule has 2 aliphatic carbocycles. The highest BCUT2D eigenvalue weighted by atomic mass is 32.2. The van der Waals surface area contributed by atoms with Gasteiger partial charge in [-0.25, -0.2) is 0 Å². The summed E-state index contributed by atoms with van der Waals surface area (Å²) in [5.41, 5.74) is 2.74. The van der Waals surface area contributed by atoms with Crippen LogP contribution in [0.3, 0.4) is 0 Å². The summed E-state index contributed by atoms with van der Waals surface area (Å²) in [5.74, 6) is -5.00. The van der Waals surface area contributed by atoms with Gasteiger partial charge in [0.2, 0.25) is 0 Å². The molecular formula is C18H26F4O5S.